The number of nitrogens with zero attached hydrogens (tertiary/aromatic N) is 2. The quantitative estimate of drug-likeness (QED) is 0.773. The van der Waals surface area contributed by atoms with E-state index in [-0.39, 0.29) is 5.54 Å². The van der Waals surface area contributed by atoms with E-state index in [1.807, 2.05) is 20.8 Å². The van der Waals surface area contributed by atoms with Crippen LogP contribution in [0.2, 0.25) is 0 Å². The molecule has 0 fully saturated rings. The van der Waals surface area contributed by atoms with E-state index in [0.717, 1.165) is 11.4 Å². The number of hydrogen-bond donors (Lipinski definition) is 2. The van der Waals surface area contributed by atoms with Gasteiger partial charge in [0.2, 0.25) is 5.88 Å². The predicted molar refractivity (Wildman–Crippen MR) is 60.1 cm³/mol. The van der Waals surface area contributed by atoms with Crippen LogP contribution in [0.5, 0.6) is 5.88 Å². The first-order valence-corrected chi connectivity index (χ1v) is 4.82. The zero-order valence-electron chi connectivity index (χ0n) is 9.66. The standard InChI is InChI=1S/C10H18N4O/c1-7-8(12-5-10(2,3)11)13-6-14-9(7)15-4/h6H,5,11H2,1-4H3,(H,12,13,14). The van der Waals surface area contributed by atoms with Crippen LogP contribution in [0.4, 0.5) is 5.82 Å². The normalized spacial score (nSPS) is 11.3. The van der Waals surface area contributed by atoms with E-state index < -0.39 is 0 Å². The third kappa shape index (κ3) is 3.36. The summed E-state index contributed by atoms with van der Waals surface area (Å²) in [6.45, 7) is 6.46. The van der Waals surface area contributed by atoms with Crippen molar-refractivity contribution in [2.75, 3.05) is 19.0 Å². The smallest absolute Gasteiger partial charge is 0.221 e. The minimum atomic E-state index is -0.273. The van der Waals surface area contributed by atoms with Gasteiger partial charge in [-0.1, -0.05) is 0 Å². The zero-order chi connectivity index (χ0) is 11.5. The van der Waals surface area contributed by atoms with Crippen LogP contribution < -0.4 is 15.8 Å². The van der Waals surface area contributed by atoms with Crippen molar-refractivity contribution in [1.29, 1.82) is 0 Å². The monoisotopic (exact) mass is 210 g/mol. The second-order valence-corrected chi connectivity index (χ2v) is 4.20. The topological polar surface area (TPSA) is 73.1 Å². The number of nitrogens with one attached hydrogen (secondary N) is 1. The van der Waals surface area contributed by atoms with Crippen LogP contribution in [-0.2, 0) is 0 Å². The molecule has 15 heavy (non-hydrogen) atoms. The molecule has 0 amide bonds. The lowest BCUT2D eigenvalue weighted by Gasteiger charge is -2.20. The molecule has 1 heterocycles. The van der Waals surface area contributed by atoms with E-state index in [1.54, 1.807) is 7.11 Å². The minimum absolute atomic E-state index is 0.273. The summed E-state index contributed by atoms with van der Waals surface area (Å²) in [7, 11) is 1.59. The molecule has 1 rings (SSSR count). The van der Waals surface area contributed by atoms with E-state index >= 15 is 0 Å². The molecule has 0 saturated heterocycles. The van der Waals surface area contributed by atoms with Gasteiger partial charge in [0.25, 0.3) is 0 Å². The molecule has 0 atom stereocenters. The molecule has 0 bridgehead atoms. The highest BCUT2D eigenvalue weighted by atomic mass is 16.5. The SMILES string of the molecule is COc1ncnc(NCC(C)(C)N)c1C. The van der Waals surface area contributed by atoms with Gasteiger partial charge in [0.1, 0.15) is 12.1 Å². The van der Waals surface area contributed by atoms with Gasteiger partial charge in [0, 0.05) is 12.1 Å². The first kappa shape index (κ1) is 11.7. The number of hydrogen-bond acceptors (Lipinski definition) is 5. The zero-order valence-corrected chi connectivity index (χ0v) is 9.66. The maximum absolute atomic E-state index is 5.87. The summed E-state index contributed by atoms with van der Waals surface area (Å²) in [6, 6.07) is 0. The van der Waals surface area contributed by atoms with E-state index in [2.05, 4.69) is 15.3 Å². The van der Waals surface area contributed by atoms with Gasteiger partial charge in [-0.15, -0.1) is 0 Å². The number of methoxy groups -OCH3 is 1. The Balaban J connectivity index is 2.78. The van der Waals surface area contributed by atoms with Gasteiger partial charge >= 0.3 is 0 Å². The minimum Gasteiger partial charge on any atom is -0.481 e. The molecule has 0 aromatic carbocycles. The first-order valence-electron chi connectivity index (χ1n) is 4.82. The molecule has 5 heteroatoms. The second kappa shape index (κ2) is 4.44. The Kier molecular flexibility index (Phi) is 3.47. The number of ether oxygens (including phenoxy) is 1. The average molecular weight is 210 g/mol. The maximum Gasteiger partial charge on any atom is 0.221 e. The molecule has 0 spiro atoms. The van der Waals surface area contributed by atoms with Crippen molar-refractivity contribution in [2.24, 2.45) is 5.73 Å². The number of aromatic nitrogens is 2. The molecule has 5 nitrogen and oxygen atoms in total. The van der Waals surface area contributed by atoms with Gasteiger partial charge in [-0.25, -0.2) is 9.97 Å². The number of anilines is 1. The van der Waals surface area contributed by atoms with Crippen molar-refractivity contribution >= 4 is 5.82 Å². The Morgan fingerprint density at radius 1 is 1.47 bits per heavy atom. The molecule has 0 unspecified atom stereocenters. The van der Waals surface area contributed by atoms with E-state index in [4.69, 9.17) is 10.5 Å². The van der Waals surface area contributed by atoms with Crippen LogP contribution >= 0.6 is 0 Å². The number of nitrogens with two attached hydrogens (primary N) is 1. The molecular formula is C10H18N4O. The van der Waals surface area contributed by atoms with Crippen molar-refractivity contribution < 1.29 is 4.74 Å². The van der Waals surface area contributed by atoms with Crippen LogP contribution in [0.25, 0.3) is 0 Å². The van der Waals surface area contributed by atoms with Gasteiger partial charge in [0.05, 0.1) is 12.7 Å². The summed E-state index contributed by atoms with van der Waals surface area (Å²) in [4.78, 5) is 8.13. The fraction of sp³-hybridized carbons (Fsp3) is 0.600. The van der Waals surface area contributed by atoms with Gasteiger partial charge < -0.3 is 15.8 Å². The highest BCUT2D eigenvalue weighted by molar-refractivity contribution is 5.47. The summed E-state index contributed by atoms with van der Waals surface area (Å²) in [5, 5.41) is 3.17. The Morgan fingerprint density at radius 3 is 2.67 bits per heavy atom. The lowest BCUT2D eigenvalue weighted by atomic mass is 10.1. The Hall–Kier alpha value is -1.36. The molecule has 0 aliphatic carbocycles. The summed E-state index contributed by atoms with van der Waals surface area (Å²) >= 11 is 0. The fourth-order valence-electron chi connectivity index (χ4n) is 1.13. The van der Waals surface area contributed by atoms with Crippen LogP contribution in [-0.4, -0.2) is 29.2 Å². The molecule has 1 aromatic rings. The molecule has 1 aromatic heterocycles. The van der Waals surface area contributed by atoms with Gasteiger partial charge in [-0.05, 0) is 20.8 Å². The summed E-state index contributed by atoms with van der Waals surface area (Å²) in [5.41, 5.74) is 6.49. The largest absolute Gasteiger partial charge is 0.481 e. The number of rotatable bonds is 4. The average Bonchev–Trinajstić information content (AvgIpc) is 2.15. The molecular weight excluding hydrogens is 192 g/mol. The summed E-state index contributed by atoms with van der Waals surface area (Å²) in [5.74, 6) is 1.35. The maximum atomic E-state index is 5.87. The fourth-order valence-corrected chi connectivity index (χ4v) is 1.13. The Labute approximate surface area is 90.1 Å². The van der Waals surface area contributed by atoms with Gasteiger partial charge in [-0.3, -0.25) is 0 Å². The highest BCUT2D eigenvalue weighted by Gasteiger charge is 2.12. The third-order valence-corrected chi connectivity index (χ3v) is 1.94. The third-order valence-electron chi connectivity index (χ3n) is 1.94. The van der Waals surface area contributed by atoms with Crippen LogP contribution in [0.1, 0.15) is 19.4 Å². The molecule has 3 N–H and O–H groups in total. The molecule has 0 aliphatic heterocycles. The van der Waals surface area contributed by atoms with Crippen molar-refractivity contribution in [1.82, 2.24) is 9.97 Å². The molecule has 84 valence electrons. The van der Waals surface area contributed by atoms with Crippen molar-refractivity contribution in [3.05, 3.63) is 11.9 Å². The first-order chi connectivity index (χ1) is 6.94. The molecule has 0 radical (unpaired) electrons. The van der Waals surface area contributed by atoms with E-state index in [0.29, 0.717) is 12.4 Å². The molecule has 0 aliphatic rings. The van der Waals surface area contributed by atoms with Crippen LogP contribution in [0.15, 0.2) is 6.33 Å². The molecule has 0 saturated carbocycles. The summed E-state index contributed by atoms with van der Waals surface area (Å²) < 4.78 is 5.10. The Bertz CT molecular complexity index is 333. The van der Waals surface area contributed by atoms with Crippen molar-refractivity contribution in [3.8, 4) is 5.88 Å². The summed E-state index contributed by atoms with van der Waals surface area (Å²) in [6.07, 6.45) is 1.47. The van der Waals surface area contributed by atoms with Crippen molar-refractivity contribution in [3.63, 3.8) is 0 Å². The second-order valence-electron chi connectivity index (χ2n) is 4.20. The van der Waals surface area contributed by atoms with Crippen LogP contribution in [0.3, 0.4) is 0 Å². The van der Waals surface area contributed by atoms with Gasteiger partial charge in [0.15, 0.2) is 0 Å². The highest BCUT2D eigenvalue weighted by Crippen LogP contribution is 2.19. The van der Waals surface area contributed by atoms with E-state index in [1.165, 1.54) is 6.33 Å². The lowest BCUT2D eigenvalue weighted by Crippen LogP contribution is -2.39. The van der Waals surface area contributed by atoms with Crippen molar-refractivity contribution in [2.45, 2.75) is 26.3 Å². The lowest BCUT2D eigenvalue weighted by molar-refractivity contribution is 0.393. The van der Waals surface area contributed by atoms with E-state index in [9.17, 15) is 0 Å². The van der Waals surface area contributed by atoms with Gasteiger partial charge in [-0.2, -0.15) is 0 Å². The Morgan fingerprint density at radius 2 is 2.13 bits per heavy atom. The van der Waals surface area contributed by atoms with Crippen LogP contribution in [0, 0.1) is 6.92 Å². The predicted octanol–water partition coefficient (Wildman–Crippen LogP) is 0.943.